The molecule has 2 aromatic rings. The highest BCUT2D eigenvalue weighted by molar-refractivity contribution is 5.58. The Balaban J connectivity index is 1.93. The van der Waals surface area contributed by atoms with Crippen LogP contribution in [0.1, 0.15) is 30.9 Å². The number of nitrogens with one attached hydrogen (secondary N) is 1. The van der Waals surface area contributed by atoms with Gasteiger partial charge >= 0.3 is 0 Å². The topological polar surface area (TPSA) is 30.5 Å². The lowest BCUT2D eigenvalue weighted by Gasteiger charge is -2.12. The molecule has 2 rings (SSSR count). The highest BCUT2D eigenvalue weighted by atomic mass is 16.5. The second kappa shape index (κ2) is 8.32. The fraction of sp³-hybridized carbons (Fsp3) is 0.368. The molecule has 0 aliphatic carbocycles. The molecule has 0 aliphatic heterocycles. The minimum absolute atomic E-state index is 0.759. The van der Waals surface area contributed by atoms with Crippen molar-refractivity contribution in [1.82, 2.24) is 0 Å². The quantitative estimate of drug-likeness (QED) is 0.711. The first kappa shape index (κ1) is 16.2. The molecule has 0 unspecified atom stereocenters. The van der Waals surface area contributed by atoms with E-state index in [2.05, 4.69) is 37.4 Å². The van der Waals surface area contributed by atoms with Crippen molar-refractivity contribution in [3.05, 3.63) is 53.6 Å². The van der Waals surface area contributed by atoms with Gasteiger partial charge in [-0.3, -0.25) is 0 Å². The average Bonchev–Trinajstić information content (AvgIpc) is 2.54. The van der Waals surface area contributed by atoms with E-state index in [9.17, 15) is 0 Å². The molecule has 0 fully saturated rings. The van der Waals surface area contributed by atoms with Crippen LogP contribution in [0, 0.1) is 6.92 Å². The van der Waals surface area contributed by atoms with E-state index in [1.807, 2.05) is 24.3 Å². The van der Waals surface area contributed by atoms with Gasteiger partial charge < -0.3 is 14.8 Å². The Morgan fingerprint density at radius 3 is 2.50 bits per heavy atom. The van der Waals surface area contributed by atoms with Crippen molar-refractivity contribution in [2.75, 3.05) is 19.0 Å². The molecule has 0 saturated carbocycles. The molecule has 0 amide bonds. The summed E-state index contributed by atoms with van der Waals surface area (Å²) >= 11 is 0. The molecule has 0 aliphatic rings. The van der Waals surface area contributed by atoms with Gasteiger partial charge in [-0.2, -0.15) is 0 Å². The molecule has 2 aromatic carbocycles. The minimum Gasteiger partial charge on any atom is -0.495 e. The van der Waals surface area contributed by atoms with Crippen LogP contribution in [0.4, 0.5) is 5.69 Å². The molecule has 1 N–H and O–H groups in total. The summed E-state index contributed by atoms with van der Waals surface area (Å²) in [6.07, 6.45) is 2.25. The van der Waals surface area contributed by atoms with E-state index < -0.39 is 0 Å². The first-order valence-corrected chi connectivity index (χ1v) is 7.83. The van der Waals surface area contributed by atoms with E-state index in [1.165, 1.54) is 11.1 Å². The van der Waals surface area contributed by atoms with Crippen molar-refractivity contribution in [3.8, 4) is 11.5 Å². The Kier molecular flexibility index (Phi) is 6.13. The van der Waals surface area contributed by atoms with Gasteiger partial charge in [0.25, 0.3) is 0 Å². The number of benzene rings is 2. The lowest BCUT2D eigenvalue weighted by Crippen LogP contribution is -2.02. The van der Waals surface area contributed by atoms with E-state index in [1.54, 1.807) is 7.11 Å². The first-order chi connectivity index (χ1) is 10.7. The predicted octanol–water partition coefficient (Wildman–Crippen LogP) is 4.79. The number of rotatable bonds is 8. The Hall–Kier alpha value is -2.16. The standard InChI is InChI=1S/C19H25NO2/c1-4-5-12-22-17-9-7-16(8-10-17)14-20-18-13-15(2)6-11-19(18)21-3/h6-11,13,20H,4-5,12,14H2,1-3H3. The van der Waals surface area contributed by atoms with Gasteiger partial charge in [-0.05, 0) is 48.7 Å². The molecular formula is C19H25NO2. The third-order valence-corrected chi connectivity index (χ3v) is 3.53. The molecule has 22 heavy (non-hydrogen) atoms. The Bertz CT molecular complexity index is 578. The summed E-state index contributed by atoms with van der Waals surface area (Å²) < 4.78 is 11.1. The second-order valence-electron chi connectivity index (χ2n) is 5.40. The summed E-state index contributed by atoms with van der Waals surface area (Å²) in [6, 6.07) is 14.4. The summed E-state index contributed by atoms with van der Waals surface area (Å²) in [4.78, 5) is 0. The third-order valence-electron chi connectivity index (χ3n) is 3.53. The van der Waals surface area contributed by atoms with Crippen molar-refractivity contribution < 1.29 is 9.47 Å². The predicted molar refractivity (Wildman–Crippen MR) is 91.9 cm³/mol. The minimum atomic E-state index is 0.759. The molecule has 3 nitrogen and oxygen atoms in total. The number of ether oxygens (including phenoxy) is 2. The molecular weight excluding hydrogens is 274 g/mol. The lowest BCUT2D eigenvalue weighted by molar-refractivity contribution is 0.309. The smallest absolute Gasteiger partial charge is 0.141 e. The Morgan fingerprint density at radius 1 is 1.05 bits per heavy atom. The van der Waals surface area contributed by atoms with Crippen LogP contribution in [0.2, 0.25) is 0 Å². The third kappa shape index (κ3) is 4.69. The fourth-order valence-electron chi connectivity index (χ4n) is 2.20. The van der Waals surface area contributed by atoms with Gasteiger partial charge in [0.1, 0.15) is 11.5 Å². The maximum absolute atomic E-state index is 5.68. The number of aryl methyl sites for hydroxylation is 1. The summed E-state index contributed by atoms with van der Waals surface area (Å²) in [5.74, 6) is 1.80. The van der Waals surface area contributed by atoms with Crippen LogP contribution in [-0.2, 0) is 6.54 Å². The molecule has 0 bridgehead atoms. The zero-order valence-corrected chi connectivity index (χ0v) is 13.7. The fourth-order valence-corrected chi connectivity index (χ4v) is 2.20. The molecule has 118 valence electrons. The van der Waals surface area contributed by atoms with Crippen LogP contribution in [0.25, 0.3) is 0 Å². The van der Waals surface area contributed by atoms with Crippen LogP contribution in [0.5, 0.6) is 11.5 Å². The monoisotopic (exact) mass is 299 g/mol. The van der Waals surface area contributed by atoms with Crippen molar-refractivity contribution in [2.24, 2.45) is 0 Å². The Morgan fingerprint density at radius 2 is 1.82 bits per heavy atom. The van der Waals surface area contributed by atoms with Gasteiger partial charge in [0.2, 0.25) is 0 Å². The number of hydrogen-bond donors (Lipinski definition) is 1. The van der Waals surface area contributed by atoms with Gasteiger partial charge in [0, 0.05) is 6.54 Å². The molecule has 3 heteroatoms. The van der Waals surface area contributed by atoms with Crippen LogP contribution in [-0.4, -0.2) is 13.7 Å². The van der Waals surface area contributed by atoms with Crippen molar-refractivity contribution in [2.45, 2.75) is 33.2 Å². The molecule has 0 spiro atoms. The molecule has 0 aromatic heterocycles. The first-order valence-electron chi connectivity index (χ1n) is 7.83. The van der Waals surface area contributed by atoms with Crippen molar-refractivity contribution in [3.63, 3.8) is 0 Å². The average molecular weight is 299 g/mol. The van der Waals surface area contributed by atoms with Crippen LogP contribution < -0.4 is 14.8 Å². The molecule has 0 heterocycles. The number of unbranched alkanes of at least 4 members (excludes halogenated alkanes) is 1. The van der Waals surface area contributed by atoms with E-state index in [0.29, 0.717) is 0 Å². The number of anilines is 1. The SMILES string of the molecule is CCCCOc1ccc(CNc2cc(C)ccc2OC)cc1. The Labute approximate surface area is 133 Å². The lowest BCUT2D eigenvalue weighted by atomic mass is 10.2. The van der Waals surface area contributed by atoms with Crippen molar-refractivity contribution in [1.29, 1.82) is 0 Å². The number of methoxy groups -OCH3 is 1. The van der Waals surface area contributed by atoms with Crippen molar-refractivity contribution >= 4 is 5.69 Å². The van der Waals surface area contributed by atoms with Crippen LogP contribution >= 0.6 is 0 Å². The summed E-state index contributed by atoms with van der Waals surface area (Å²) in [7, 11) is 1.69. The highest BCUT2D eigenvalue weighted by Crippen LogP contribution is 2.25. The summed E-state index contributed by atoms with van der Waals surface area (Å²) in [6.45, 7) is 5.79. The zero-order chi connectivity index (χ0) is 15.8. The molecule has 0 saturated heterocycles. The van der Waals surface area contributed by atoms with E-state index in [4.69, 9.17) is 9.47 Å². The van der Waals surface area contributed by atoms with Crippen LogP contribution in [0.3, 0.4) is 0 Å². The largest absolute Gasteiger partial charge is 0.495 e. The van der Waals surface area contributed by atoms with E-state index >= 15 is 0 Å². The summed E-state index contributed by atoms with van der Waals surface area (Å²) in [5, 5.41) is 3.43. The molecule has 0 radical (unpaired) electrons. The van der Waals surface area contributed by atoms with Gasteiger partial charge in [0.05, 0.1) is 19.4 Å². The number of hydrogen-bond acceptors (Lipinski definition) is 3. The van der Waals surface area contributed by atoms with Gasteiger partial charge in [-0.1, -0.05) is 31.5 Å². The normalized spacial score (nSPS) is 10.3. The van der Waals surface area contributed by atoms with E-state index in [-0.39, 0.29) is 0 Å². The zero-order valence-electron chi connectivity index (χ0n) is 13.7. The van der Waals surface area contributed by atoms with Gasteiger partial charge in [-0.15, -0.1) is 0 Å². The second-order valence-corrected chi connectivity index (χ2v) is 5.40. The van der Waals surface area contributed by atoms with Gasteiger partial charge in [-0.25, -0.2) is 0 Å². The van der Waals surface area contributed by atoms with Crippen LogP contribution in [0.15, 0.2) is 42.5 Å². The highest BCUT2D eigenvalue weighted by Gasteiger charge is 2.03. The molecule has 0 atom stereocenters. The maximum Gasteiger partial charge on any atom is 0.141 e. The maximum atomic E-state index is 5.68. The summed E-state index contributed by atoms with van der Waals surface area (Å²) in [5.41, 5.74) is 3.44. The van der Waals surface area contributed by atoms with E-state index in [0.717, 1.165) is 43.2 Å². The van der Waals surface area contributed by atoms with Gasteiger partial charge in [0.15, 0.2) is 0 Å².